The fourth-order valence-electron chi connectivity index (χ4n) is 6.72. The fraction of sp³-hybridized carbons (Fsp3) is 0.913. The van der Waals surface area contributed by atoms with Crippen LogP contribution in [0.3, 0.4) is 0 Å². The summed E-state index contributed by atoms with van der Waals surface area (Å²) in [6.45, 7) is 12.5. The first-order chi connectivity index (χ1) is 12.5. The lowest BCUT2D eigenvalue weighted by Gasteiger charge is -2.43. The minimum Gasteiger partial charge on any atom is -0.465 e. The van der Waals surface area contributed by atoms with E-state index >= 15 is 0 Å². The van der Waals surface area contributed by atoms with Crippen LogP contribution in [0, 0.1) is 34.5 Å². The lowest BCUT2D eigenvalue weighted by molar-refractivity contribution is -0.177. The van der Waals surface area contributed by atoms with Gasteiger partial charge in [-0.05, 0) is 75.5 Å². The summed E-state index contributed by atoms with van der Waals surface area (Å²) in [6.07, 6.45) is 6.85. The normalized spacial score (nSPS) is 34.7. The van der Waals surface area contributed by atoms with E-state index < -0.39 is 5.41 Å². The summed E-state index contributed by atoms with van der Waals surface area (Å²) in [4.78, 5) is 25.0. The molecule has 4 rings (SSSR count). The van der Waals surface area contributed by atoms with Crippen molar-refractivity contribution in [1.29, 1.82) is 0 Å². The maximum atomic E-state index is 12.6. The van der Waals surface area contributed by atoms with Gasteiger partial charge < -0.3 is 9.47 Å². The van der Waals surface area contributed by atoms with Gasteiger partial charge in [-0.15, -0.1) is 0 Å². The first-order valence-electron chi connectivity index (χ1n) is 10.9. The van der Waals surface area contributed by atoms with E-state index in [2.05, 4.69) is 27.7 Å². The highest BCUT2D eigenvalue weighted by atomic mass is 16.6. The molecule has 4 heteroatoms. The molecule has 0 saturated heterocycles. The molecular formula is C23H38O4. The standard InChI is InChI=1S/C23H38O4/c1-7-23(17-11-15-10-16(13-17)18(23)12-15)27-19(24)8-9-26-20(25)22(5,6)14-21(2,3)4/h15-18H,7-14H2,1-6H3/t15?,16-,17?,18?,23?/m0/s1. The molecule has 154 valence electrons. The average Bonchev–Trinajstić information content (AvgIpc) is 2.93. The van der Waals surface area contributed by atoms with Crippen LogP contribution in [0.1, 0.15) is 86.5 Å². The minimum atomic E-state index is -0.545. The van der Waals surface area contributed by atoms with Gasteiger partial charge in [0.2, 0.25) is 0 Å². The second-order valence-electron chi connectivity index (χ2n) is 11.2. The quantitative estimate of drug-likeness (QED) is 0.576. The summed E-state index contributed by atoms with van der Waals surface area (Å²) in [6, 6.07) is 0. The van der Waals surface area contributed by atoms with Gasteiger partial charge in [0.15, 0.2) is 0 Å². The largest absolute Gasteiger partial charge is 0.465 e. The van der Waals surface area contributed by atoms with Crippen molar-refractivity contribution in [1.82, 2.24) is 0 Å². The summed E-state index contributed by atoms with van der Waals surface area (Å²) in [5.41, 5.74) is -0.740. The predicted octanol–water partition coefficient (Wildman–Crippen LogP) is 5.14. The molecule has 4 nitrogen and oxygen atoms in total. The molecule has 4 bridgehead atoms. The number of esters is 2. The highest BCUT2D eigenvalue weighted by molar-refractivity contribution is 5.76. The van der Waals surface area contributed by atoms with Crippen molar-refractivity contribution < 1.29 is 19.1 Å². The molecule has 5 atom stereocenters. The number of hydrogen-bond acceptors (Lipinski definition) is 4. The lowest BCUT2D eigenvalue weighted by Crippen LogP contribution is -2.47. The number of hydrogen-bond donors (Lipinski definition) is 0. The fourth-order valence-corrected chi connectivity index (χ4v) is 6.72. The summed E-state index contributed by atoms with van der Waals surface area (Å²) >= 11 is 0. The molecule has 0 aromatic heterocycles. The summed E-state index contributed by atoms with van der Waals surface area (Å²) in [5.74, 6) is 2.30. The van der Waals surface area contributed by atoms with Crippen molar-refractivity contribution >= 4 is 11.9 Å². The highest BCUT2D eigenvalue weighted by Crippen LogP contribution is 2.65. The molecule has 27 heavy (non-hydrogen) atoms. The van der Waals surface area contributed by atoms with Crippen molar-refractivity contribution in [3.63, 3.8) is 0 Å². The van der Waals surface area contributed by atoms with Crippen LogP contribution in [-0.2, 0) is 19.1 Å². The Labute approximate surface area is 164 Å². The maximum absolute atomic E-state index is 12.6. The van der Waals surface area contributed by atoms with E-state index in [1.54, 1.807) is 0 Å². The van der Waals surface area contributed by atoms with Crippen molar-refractivity contribution in [3.8, 4) is 0 Å². The van der Waals surface area contributed by atoms with E-state index in [0.717, 1.165) is 24.7 Å². The summed E-state index contributed by atoms with van der Waals surface area (Å²) < 4.78 is 11.6. The molecule has 4 aliphatic rings. The molecule has 0 amide bonds. The molecule has 0 radical (unpaired) electrons. The molecule has 4 unspecified atom stereocenters. The zero-order valence-electron chi connectivity index (χ0n) is 18.1. The van der Waals surface area contributed by atoms with E-state index in [1.807, 2.05) is 13.8 Å². The van der Waals surface area contributed by atoms with Gasteiger partial charge in [-0.2, -0.15) is 0 Å². The van der Waals surface area contributed by atoms with E-state index in [0.29, 0.717) is 11.8 Å². The van der Waals surface area contributed by atoms with Crippen molar-refractivity contribution in [2.75, 3.05) is 6.61 Å². The Morgan fingerprint density at radius 3 is 2.33 bits per heavy atom. The van der Waals surface area contributed by atoms with Gasteiger partial charge in [-0.1, -0.05) is 27.7 Å². The van der Waals surface area contributed by atoms with Gasteiger partial charge in [-0.25, -0.2) is 0 Å². The molecule has 0 spiro atoms. The molecule has 0 aromatic rings. The molecule has 4 aliphatic carbocycles. The van der Waals surface area contributed by atoms with E-state index in [1.165, 1.54) is 25.7 Å². The van der Waals surface area contributed by atoms with Crippen LogP contribution in [0.15, 0.2) is 0 Å². The number of carbonyl (C=O) groups is 2. The SMILES string of the molecule is CCC1(OC(=O)CCOC(=O)C(C)(C)CC(C)(C)C)C2CC3CC1[C@@H](C3)C2. The average molecular weight is 379 g/mol. The van der Waals surface area contributed by atoms with Crippen molar-refractivity contribution in [3.05, 3.63) is 0 Å². The van der Waals surface area contributed by atoms with Crippen LogP contribution in [-0.4, -0.2) is 24.1 Å². The molecule has 4 fully saturated rings. The lowest BCUT2D eigenvalue weighted by atomic mass is 9.71. The first-order valence-corrected chi connectivity index (χ1v) is 10.9. The Bertz CT molecular complexity index is 584. The van der Waals surface area contributed by atoms with Crippen molar-refractivity contribution in [2.45, 2.75) is 92.1 Å². The van der Waals surface area contributed by atoms with Crippen LogP contribution in [0.4, 0.5) is 0 Å². The van der Waals surface area contributed by atoms with Gasteiger partial charge in [-0.3, -0.25) is 9.59 Å². The number of carbonyl (C=O) groups excluding carboxylic acids is 2. The number of ether oxygens (including phenoxy) is 2. The molecule has 4 saturated carbocycles. The Hall–Kier alpha value is -1.06. The second-order valence-corrected chi connectivity index (χ2v) is 11.2. The Morgan fingerprint density at radius 2 is 1.74 bits per heavy atom. The minimum absolute atomic E-state index is 0.0515. The monoisotopic (exact) mass is 378 g/mol. The Kier molecular flexibility index (Phi) is 5.42. The third kappa shape index (κ3) is 4.05. The smallest absolute Gasteiger partial charge is 0.311 e. The molecule has 0 aliphatic heterocycles. The zero-order chi connectivity index (χ0) is 20.0. The van der Waals surface area contributed by atoms with Crippen LogP contribution < -0.4 is 0 Å². The van der Waals surface area contributed by atoms with Crippen LogP contribution in [0.25, 0.3) is 0 Å². The van der Waals surface area contributed by atoms with E-state index in [-0.39, 0.29) is 36.0 Å². The first kappa shape index (κ1) is 20.7. The predicted molar refractivity (Wildman–Crippen MR) is 105 cm³/mol. The molecule has 0 aromatic carbocycles. The topological polar surface area (TPSA) is 52.6 Å². The van der Waals surface area contributed by atoms with Crippen LogP contribution in [0.2, 0.25) is 0 Å². The van der Waals surface area contributed by atoms with Gasteiger partial charge in [0.1, 0.15) is 12.2 Å². The second kappa shape index (κ2) is 7.08. The number of rotatable bonds is 7. The van der Waals surface area contributed by atoms with Gasteiger partial charge in [0, 0.05) is 5.92 Å². The summed E-state index contributed by atoms with van der Waals surface area (Å²) in [5, 5.41) is 0. The maximum Gasteiger partial charge on any atom is 0.311 e. The van der Waals surface area contributed by atoms with E-state index in [4.69, 9.17) is 9.47 Å². The van der Waals surface area contributed by atoms with Gasteiger partial charge >= 0.3 is 11.9 Å². The third-order valence-corrected chi connectivity index (χ3v) is 7.24. The zero-order valence-corrected chi connectivity index (χ0v) is 18.1. The Balaban J connectivity index is 1.49. The highest BCUT2D eigenvalue weighted by Gasteiger charge is 2.63. The van der Waals surface area contributed by atoms with Crippen LogP contribution >= 0.6 is 0 Å². The molecule has 0 heterocycles. The van der Waals surface area contributed by atoms with Gasteiger partial charge in [0.05, 0.1) is 11.8 Å². The third-order valence-electron chi connectivity index (χ3n) is 7.24. The van der Waals surface area contributed by atoms with Crippen LogP contribution in [0.5, 0.6) is 0 Å². The molecular weight excluding hydrogens is 340 g/mol. The van der Waals surface area contributed by atoms with Gasteiger partial charge in [0.25, 0.3) is 0 Å². The van der Waals surface area contributed by atoms with Crippen molar-refractivity contribution in [2.24, 2.45) is 34.5 Å². The summed E-state index contributed by atoms with van der Waals surface area (Å²) in [7, 11) is 0. The van der Waals surface area contributed by atoms with E-state index in [9.17, 15) is 9.59 Å². The molecule has 0 N–H and O–H groups in total. The Morgan fingerprint density at radius 1 is 1.04 bits per heavy atom.